The number of hydrogen-bond donors (Lipinski definition) is 1. The van der Waals surface area contributed by atoms with Crippen LogP contribution in [-0.4, -0.2) is 44.4 Å². The molecule has 19 heavy (non-hydrogen) atoms. The van der Waals surface area contributed by atoms with Crippen molar-refractivity contribution < 1.29 is 9.47 Å². The number of benzene rings is 1. The molecule has 0 bridgehead atoms. The van der Waals surface area contributed by atoms with Crippen LogP contribution in [0.15, 0.2) is 24.3 Å². The van der Waals surface area contributed by atoms with Gasteiger partial charge in [-0.05, 0) is 37.6 Å². The molecule has 1 aliphatic heterocycles. The Bertz CT molecular complexity index is 397. The van der Waals surface area contributed by atoms with Crippen molar-refractivity contribution in [2.24, 2.45) is 5.73 Å². The molecule has 1 aromatic carbocycles. The predicted octanol–water partition coefficient (Wildman–Crippen LogP) is 1.63. The van der Waals surface area contributed by atoms with E-state index in [0.717, 1.165) is 31.7 Å². The van der Waals surface area contributed by atoms with Crippen LogP contribution in [-0.2, 0) is 11.3 Å². The molecule has 4 nitrogen and oxygen atoms in total. The van der Waals surface area contributed by atoms with E-state index in [9.17, 15) is 0 Å². The molecule has 0 aliphatic carbocycles. The normalized spacial score (nSPS) is 22.9. The van der Waals surface area contributed by atoms with Crippen LogP contribution in [0.4, 0.5) is 0 Å². The lowest BCUT2D eigenvalue weighted by Crippen LogP contribution is -2.30. The monoisotopic (exact) mass is 264 g/mol. The Morgan fingerprint density at radius 3 is 2.84 bits per heavy atom. The van der Waals surface area contributed by atoms with Crippen molar-refractivity contribution in [2.75, 3.05) is 27.2 Å². The Labute approximate surface area is 115 Å². The zero-order chi connectivity index (χ0) is 13.7. The standard InChI is InChI=1S/C15H24N2O2/c1-17(11-15-7-6-14(9-16)19-15)10-12-4-3-5-13(8-12)18-2/h3-5,8,14-15H,6-7,9-11,16H2,1-2H3. The van der Waals surface area contributed by atoms with Crippen molar-refractivity contribution in [3.05, 3.63) is 29.8 Å². The highest BCUT2D eigenvalue weighted by Crippen LogP contribution is 2.20. The molecule has 1 saturated heterocycles. The Morgan fingerprint density at radius 1 is 1.37 bits per heavy atom. The highest BCUT2D eigenvalue weighted by Gasteiger charge is 2.24. The molecular formula is C15H24N2O2. The zero-order valence-electron chi connectivity index (χ0n) is 11.8. The first-order valence-corrected chi connectivity index (χ1v) is 6.88. The molecule has 2 atom stereocenters. The fourth-order valence-electron chi connectivity index (χ4n) is 2.58. The number of nitrogens with zero attached hydrogens (tertiary/aromatic N) is 1. The molecule has 2 N–H and O–H groups in total. The summed E-state index contributed by atoms with van der Waals surface area (Å²) in [6, 6.07) is 8.19. The summed E-state index contributed by atoms with van der Waals surface area (Å²) < 4.78 is 11.1. The highest BCUT2D eigenvalue weighted by molar-refractivity contribution is 5.28. The van der Waals surface area contributed by atoms with Crippen LogP contribution < -0.4 is 10.5 Å². The molecule has 106 valence electrons. The van der Waals surface area contributed by atoms with Crippen molar-refractivity contribution in [3.63, 3.8) is 0 Å². The van der Waals surface area contributed by atoms with E-state index in [4.69, 9.17) is 15.2 Å². The fourth-order valence-corrected chi connectivity index (χ4v) is 2.58. The van der Waals surface area contributed by atoms with Crippen molar-refractivity contribution in [3.8, 4) is 5.75 Å². The van der Waals surface area contributed by atoms with Crippen LogP contribution in [0.3, 0.4) is 0 Å². The predicted molar refractivity (Wildman–Crippen MR) is 76.3 cm³/mol. The van der Waals surface area contributed by atoms with E-state index in [1.54, 1.807) is 7.11 Å². The first-order valence-electron chi connectivity index (χ1n) is 6.88. The summed E-state index contributed by atoms with van der Waals surface area (Å²) in [6.07, 6.45) is 2.79. The van der Waals surface area contributed by atoms with Gasteiger partial charge in [0.2, 0.25) is 0 Å². The lowest BCUT2D eigenvalue weighted by Gasteiger charge is -2.21. The summed E-state index contributed by atoms with van der Waals surface area (Å²) >= 11 is 0. The van der Waals surface area contributed by atoms with Gasteiger partial charge in [-0.1, -0.05) is 12.1 Å². The van der Waals surface area contributed by atoms with Crippen LogP contribution in [0.1, 0.15) is 18.4 Å². The molecule has 0 spiro atoms. The van der Waals surface area contributed by atoms with Gasteiger partial charge in [0.25, 0.3) is 0 Å². The van der Waals surface area contributed by atoms with Gasteiger partial charge >= 0.3 is 0 Å². The maximum absolute atomic E-state index is 5.87. The lowest BCUT2D eigenvalue weighted by atomic mass is 10.1. The second kappa shape index (κ2) is 6.89. The van der Waals surface area contributed by atoms with E-state index >= 15 is 0 Å². The van der Waals surface area contributed by atoms with Crippen LogP contribution in [0.5, 0.6) is 5.75 Å². The van der Waals surface area contributed by atoms with E-state index in [1.807, 2.05) is 12.1 Å². The molecule has 1 aliphatic rings. The Kier molecular flexibility index (Phi) is 5.19. The first-order chi connectivity index (χ1) is 9.21. The van der Waals surface area contributed by atoms with Gasteiger partial charge in [0.05, 0.1) is 19.3 Å². The zero-order valence-corrected chi connectivity index (χ0v) is 11.8. The number of methoxy groups -OCH3 is 1. The van der Waals surface area contributed by atoms with Gasteiger partial charge in [0, 0.05) is 19.6 Å². The highest BCUT2D eigenvalue weighted by atomic mass is 16.5. The van der Waals surface area contributed by atoms with Gasteiger partial charge in [-0.15, -0.1) is 0 Å². The lowest BCUT2D eigenvalue weighted by molar-refractivity contribution is 0.0306. The fraction of sp³-hybridized carbons (Fsp3) is 0.600. The molecule has 0 radical (unpaired) electrons. The number of rotatable bonds is 6. The Balaban J connectivity index is 1.82. The number of ether oxygens (including phenoxy) is 2. The molecule has 1 fully saturated rings. The maximum Gasteiger partial charge on any atom is 0.119 e. The minimum Gasteiger partial charge on any atom is -0.497 e. The van der Waals surface area contributed by atoms with Gasteiger partial charge in [0.1, 0.15) is 5.75 Å². The molecule has 0 saturated carbocycles. The van der Waals surface area contributed by atoms with Crippen LogP contribution >= 0.6 is 0 Å². The van der Waals surface area contributed by atoms with Gasteiger partial charge in [-0.3, -0.25) is 4.90 Å². The molecule has 1 aromatic rings. The van der Waals surface area contributed by atoms with Crippen molar-refractivity contribution >= 4 is 0 Å². The van der Waals surface area contributed by atoms with Crippen LogP contribution in [0.2, 0.25) is 0 Å². The maximum atomic E-state index is 5.87. The summed E-state index contributed by atoms with van der Waals surface area (Å²) in [5.74, 6) is 0.909. The van der Waals surface area contributed by atoms with Gasteiger partial charge in [0.15, 0.2) is 0 Å². The molecule has 0 amide bonds. The largest absolute Gasteiger partial charge is 0.497 e. The smallest absolute Gasteiger partial charge is 0.119 e. The summed E-state index contributed by atoms with van der Waals surface area (Å²) in [7, 11) is 3.82. The van der Waals surface area contributed by atoms with Crippen LogP contribution in [0, 0.1) is 0 Å². The summed E-state index contributed by atoms with van der Waals surface area (Å²) in [5, 5.41) is 0. The molecule has 2 unspecified atom stereocenters. The SMILES string of the molecule is COc1cccc(CN(C)CC2CCC(CN)O2)c1. The molecule has 0 aromatic heterocycles. The van der Waals surface area contributed by atoms with E-state index in [1.165, 1.54) is 5.56 Å². The first kappa shape index (κ1) is 14.3. The second-order valence-electron chi connectivity index (χ2n) is 5.24. The summed E-state index contributed by atoms with van der Waals surface area (Å²) in [4.78, 5) is 2.29. The van der Waals surface area contributed by atoms with E-state index in [2.05, 4.69) is 24.1 Å². The van der Waals surface area contributed by atoms with Gasteiger partial charge in [-0.25, -0.2) is 0 Å². The topological polar surface area (TPSA) is 47.7 Å². The van der Waals surface area contributed by atoms with Crippen molar-refractivity contribution in [2.45, 2.75) is 31.6 Å². The number of nitrogens with two attached hydrogens (primary N) is 1. The van der Waals surface area contributed by atoms with Crippen molar-refractivity contribution in [1.82, 2.24) is 4.90 Å². The minimum atomic E-state index is 0.259. The van der Waals surface area contributed by atoms with E-state index in [0.29, 0.717) is 12.6 Å². The summed E-state index contributed by atoms with van der Waals surface area (Å²) in [5.41, 5.74) is 6.89. The third-order valence-corrected chi connectivity index (χ3v) is 3.56. The van der Waals surface area contributed by atoms with E-state index in [-0.39, 0.29) is 6.10 Å². The number of hydrogen-bond acceptors (Lipinski definition) is 4. The summed E-state index contributed by atoms with van der Waals surface area (Å²) in [6.45, 7) is 2.49. The molecule has 1 heterocycles. The van der Waals surface area contributed by atoms with Gasteiger partial charge < -0.3 is 15.2 Å². The Hall–Kier alpha value is -1.10. The third-order valence-electron chi connectivity index (χ3n) is 3.56. The van der Waals surface area contributed by atoms with Gasteiger partial charge in [-0.2, -0.15) is 0 Å². The molecule has 2 rings (SSSR count). The third kappa shape index (κ3) is 4.20. The minimum absolute atomic E-state index is 0.259. The number of likely N-dealkylation sites (N-methyl/N-ethyl adjacent to an activating group) is 1. The molecule has 4 heteroatoms. The molecular weight excluding hydrogens is 240 g/mol. The second-order valence-corrected chi connectivity index (χ2v) is 5.24. The Morgan fingerprint density at radius 2 is 2.16 bits per heavy atom. The average Bonchev–Trinajstić information content (AvgIpc) is 2.86. The average molecular weight is 264 g/mol. The van der Waals surface area contributed by atoms with Crippen LogP contribution in [0.25, 0.3) is 0 Å². The quantitative estimate of drug-likeness (QED) is 0.848. The van der Waals surface area contributed by atoms with E-state index < -0.39 is 0 Å². The van der Waals surface area contributed by atoms with Crippen molar-refractivity contribution in [1.29, 1.82) is 0 Å².